The summed E-state index contributed by atoms with van der Waals surface area (Å²) in [5.41, 5.74) is 0. The van der Waals surface area contributed by atoms with Crippen molar-refractivity contribution >= 4 is 10.1 Å². The highest BCUT2D eigenvalue weighted by molar-refractivity contribution is 7.87. The number of hydrogen-bond acceptors (Lipinski definition) is 4. The molecule has 1 heterocycles. The highest BCUT2D eigenvalue weighted by Crippen LogP contribution is 2.13. The number of nitrogens with zero attached hydrogens (tertiary/aromatic N) is 1. The van der Waals surface area contributed by atoms with Gasteiger partial charge in [0.25, 0.3) is 0 Å². The summed E-state index contributed by atoms with van der Waals surface area (Å²) in [6, 6.07) is 8.69. The van der Waals surface area contributed by atoms with Gasteiger partial charge >= 0.3 is 10.1 Å². The van der Waals surface area contributed by atoms with Gasteiger partial charge in [0.1, 0.15) is 5.75 Å². The second kappa shape index (κ2) is 7.64. The summed E-state index contributed by atoms with van der Waals surface area (Å²) >= 11 is 0. The molecule has 0 atom stereocenters. The zero-order valence-electron chi connectivity index (χ0n) is 11.8. The number of likely N-dealkylation sites (tertiary alicyclic amines) is 1. The van der Waals surface area contributed by atoms with Crippen LogP contribution in [0, 0.1) is 0 Å². The summed E-state index contributed by atoms with van der Waals surface area (Å²) in [4.78, 5) is 2.24. The van der Waals surface area contributed by atoms with Crippen molar-refractivity contribution in [1.29, 1.82) is 0 Å². The predicted molar refractivity (Wildman–Crippen MR) is 80.4 cm³/mol. The molecule has 0 amide bonds. The molecule has 0 bridgehead atoms. The maximum atomic E-state index is 11.9. The van der Waals surface area contributed by atoms with E-state index < -0.39 is 10.1 Å². The van der Waals surface area contributed by atoms with Crippen LogP contribution in [0.5, 0.6) is 5.75 Å². The lowest BCUT2D eigenvalue weighted by atomic mass is 10.1. The summed E-state index contributed by atoms with van der Waals surface area (Å²) in [5, 5.41) is 0. The van der Waals surface area contributed by atoms with E-state index in [-0.39, 0.29) is 5.75 Å². The van der Waals surface area contributed by atoms with Crippen molar-refractivity contribution in [1.82, 2.24) is 4.90 Å². The van der Waals surface area contributed by atoms with Gasteiger partial charge in [0.2, 0.25) is 0 Å². The Morgan fingerprint density at radius 1 is 0.950 bits per heavy atom. The van der Waals surface area contributed by atoms with Gasteiger partial charge in [-0.1, -0.05) is 37.5 Å². The second-order valence-corrected chi connectivity index (χ2v) is 6.96. The van der Waals surface area contributed by atoms with Crippen molar-refractivity contribution in [3.05, 3.63) is 30.3 Å². The van der Waals surface area contributed by atoms with Gasteiger partial charge in [0.15, 0.2) is 0 Å². The molecule has 1 aliphatic heterocycles. The lowest BCUT2D eigenvalue weighted by Gasteiger charge is -2.24. The van der Waals surface area contributed by atoms with Gasteiger partial charge in [-0.3, -0.25) is 0 Å². The van der Waals surface area contributed by atoms with Crippen LogP contribution in [-0.4, -0.2) is 38.7 Å². The molecule has 112 valence electrons. The molecular weight excluding hydrogens is 274 g/mol. The van der Waals surface area contributed by atoms with E-state index in [1.807, 2.05) is 6.07 Å². The second-order valence-electron chi connectivity index (χ2n) is 5.27. The van der Waals surface area contributed by atoms with E-state index in [0.29, 0.717) is 12.3 Å². The lowest BCUT2D eigenvalue weighted by Crippen LogP contribution is -2.33. The molecule has 0 aromatic heterocycles. The molecule has 1 saturated heterocycles. The number of benzene rings is 1. The van der Waals surface area contributed by atoms with E-state index in [1.165, 1.54) is 32.1 Å². The Bertz CT molecular complexity index is 479. The minimum absolute atomic E-state index is 0.0574. The van der Waals surface area contributed by atoms with Gasteiger partial charge in [-0.25, -0.2) is 0 Å². The Kier molecular flexibility index (Phi) is 5.86. The first-order chi connectivity index (χ1) is 9.66. The maximum absolute atomic E-state index is 11.9. The fourth-order valence-corrected chi connectivity index (χ4v) is 3.41. The molecule has 1 aromatic carbocycles. The Hall–Kier alpha value is -1.07. The van der Waals surface area contributed by atoms with Crippen LogP contribution in [0.2, 0.25) is 0 Å². The molecule has 0 radical (unpaired) electrons. The first kappa shape index (κ1) is 15.3. The summed E-state index contributed by atoms with van der Waals surface area (Å²) in [7, 11) is -3.50. The Morgan fingerprint density at radius 3 is 2.20 bits per heavy atom. The van der Waals surface area contributed by atoms with Crippen LogP contribution in [0.15, 0.2) is 30.3 Å². The topological polar surface area (TPSA) is 46.6 Å². The first-order valence-corrected chi connectivity index (χ1v) is 8.93. The van der Waals surface area contributed by atoms with E-state index in [1.54, 1.807) is 24.3 Å². The third-order valence-electron chi connectivity index (χ3n) is 3.57. The molecule has 0 saturated carbocycles. The van der Waals surface area contributed by atoms with Crippen LogP contribution in [0.4, 0.5) is 0 Å². The average molecular weight is 297 g/mol. The molecule has 0 N–H and O–H groups in total. The first-order valence-electron chi connectivity index (χ1n) is 7.35. The molecule has 1 fully saturated rings. The van der Waals surface area contributed by atoms with Crippen LogP contribution in [-0.2, 0) is 10.1 Å². The largest absolute Gasteiger partial charge is 0.382 e. The quantitative estimate of drug-likeness (QED) is 0.784. The number of rotatable bonds is 5. The van der Waals surface area contributed by atoms with Crippen molar-refractivity contribution < 1.29 is 12.6 Å². The zero-order chi connectivity index (χ0) is 14.3. The third-order valence-corrected chi connectivity index (χ3v) is 4.70. The third kappa shape index (κ3) is 5.51. The van der Waals surface area contributed by atoms with Crippen molar-refractivity contribution in [2.45, 2.75) is 32.1 Å². The van der Waals surface area contributed by atoms with Gasteiger partial charge < -0.3 is 9.08 Å². The number of para-hydroxylation sites is 1. The molecule has 1 aromatic rings. The summed E-state index contributed by atoms with van der Waals surface area (Å²) in [5.74, 6) is 0.446. The summed E-state index contributed by atoms with van der Waals surface area (Å²) in [6.07, 6.45) is 6.15. The van der Waals surface area contributed by atoms with Crippen molar-refractivity contribution in [2.24, 2.45) is 0 Å². The van der Waals surface area contributed by atoms with Gasteiger partial charge in [0, 0.05) is 6.54 Å². The van der Waals surface area contributed by atoms with Crippen molar-refractivity contribution in [3.8, 4) is 5.75 Å². The van der Waals surface area contributed by atoms with Gasteiger partial charge in [0.05, 0.1) is 5.75 Å². The normalized spacial score (nSPS) is 18.2. The fourth-order valence-electron chi connectivity index (χ4n) is 2.44. The van der Waals surface area contributed by atoms with Crippen LogP contribution in [0.25, 0.3) is 0 Å². The Morgan fingerprint density at radius 2 is 1.55 bits per heavy atom. The minimum atomic E-state index is -3.50. The van der Waals surface area contributed by atoms with E-state index in [4.69, 9.17) is 4.18 Å². The molecule has 4 nitrogen and oxygen atoms in total. The smallest absolute Gasteiger partial charge is 0.310 e. The average Bonchev–Trinajstić information content (AvgIpc) is 2.38. The molecule has 0 spiro atoms. The minimum Gasteiger partial charge on any atom is -0.382 e. The van der Waals surface area contributed by atoms with Gasteiger partial charge in [-0.15, -0.1) is 0 Å². The number of hydrogen-bond donors (Lipinski definition) is 0. The van der Waals surface area contributed by atoms with E-state index in [9.17, 15) is 8.42 Å². The molecule has 5 heteroatoms. The van der Waals surface area contributed by atoms with Gasteiger partial charge in [-0.05, 0) is 38.1 Å². The molecular formula is C15H23NO3S. The summed E-state index contributed by atoms with van der Waals surface area (Å²) < 4.78 is 29.0. The SMILES string of the molecule is O=S(=O)(CCN1CCCCCCC1)Oc1ccccc1. The Balaban J connectivity index is 1.82. The monoisotopic (exact) mass is 297 g/mol. The predicted octanol–water partition coefficient (Wildman–Crippen LogP) is 2.66. The molecule has 20 heavy (non-hydrogen) atoms. The van der Waals surface area contributed by atoms with Gasteiger partial charge in [-0.2, -0.15) is 8.42 Å². The standard InChI is InChI=1S/C15H23NO3S/c17-20(18,19-15-9-5-4-6-10-15)14-13-16-11-7-2-1-3-8-12-16/h4-6,9-10H,1-3,7-8,11-14H2. The van der Waals surface area contributed by atoms with E-state index >= 15 is 0 Å². The van der Waals surface area contributed by atoms with Crippen molar-refractivity contribution in [2.75, 3.05) is 25.4 Å². The highest BCUT2D eigenvalue weighted by atomic mass is 32.2. The highest BCUT2D eigenvalue weighted by Gasteiger charge is 2.16. The lowest BCUT2D eigenvalue weighted by molar-refractivity contribution is 0.259. The van der Waals surface area contributed by atoms with Crippen molar-refractivity contribution in [3.63, 3.8) is 0 Å². The maximum Gasteiger partial charge on any atom is 0.310 e. The Labute approximate surface area is 121 Å². The molecule has 0 unspecified atom stereocenters. The molecule has 1 aliphatic rings. The summed E-state index contributed by atoms with van der Waals surface area (Å²) in [6.45, 7) is 2.57. The fraction of sp³-hybridized carbons (Fsp3) is 0.600. The zero-order valence-corrected chi connectivity index (χ0v) is 12.6. The van der Waals surface area contributed by atoms with E-state index in [2.05, 4.69) is 4.90 Å². The van der Waals surface area contributed by atoms with Crippen LogP contribution >= 0.6 is 0 Å². The van der Waals surface area contributed by atoms with E-state index in [0.717, 1.165) is 13.1 Å². The molecule has 2 rings (SSSR count). The van der Waals surface area contributed by atoms with Crippen LogP contribution in [0.3, 0.4) is 0 Å². The van der Waals surface area contributed by atoms with Crippen LogP contribution < -0.4 is 4.18 Å². The molecule has 0 aliphatic carbocycles. The van der Waals surface area contributed by atoms with Crippen LogP contribution in [0.1, 0.15) is 32.1 Å².